The van der Waals surface area contributed by atoms with Crippen LogP contribution < -0.4 is 10.5 Å². The fourth-order valence-electron chi connectivity index (χ4n) is 1.24. The number of hydrogen-bond donors (Lipinski definition) is 1. The zero-order valence-corrected chi connectivity index (χ0v) is 9.57. The first-order valence-corrected chi connectivity index (χ1v) is 5.32. The Morgan fingerprint density at radius 1 is 0.933 bits per heavy atom. The Morgan fingerprint density at radius 3 is 2.27 bits per heavy atom. The monoisotopic (exact) mass is 263 g/mol. The molecule has 0 amide bonds. The van der Waals surface area contributed by atoms with Gasteiger partial charge in [0.15, 0.2) is 0 Å². The van der Waals surface area contributed by atoms with Crippen molar-refractivity contribution in [3.63, 3.8) is 0 Å². The van der Waals surface area contributed by atoms with Crippen LogP contribution in [0.25, 0.3) is 0 Å². The Morgan fingerprint density at radius 2 is 1.60 bits per heavy atom. The van der Waals surface area contributed by atoms with E-state index >= 15 is 0 Å². The van der Waals surface area contributed by atoms with Crippen LogP contribution in [0.2, 0.25) is 0 Å². The molecule has 0 unspecified atom stereocenters. The first kappa shape index (κ1) is 10.1. The summed E-state index contributed by atoms with van der Waals surface area (Å²) in [5.74, 6) is 1.53. The molecule has 0 saturated carbocycles. The van der Waals surface area contributed by atoms with E-state index in [-0.39, 0.29) is 0 Å². The lowest BCUT2D eigenvalue weighted by molar-refractivity contribution is 0.482. The minimum Gasteiger partial charge on any atom is -0.457 e. The summed E-state index contributed by atoms with van der Waals surface area (Å²) in [5, 5.41) is 0. The largest absolute Gasteiger partial charge is 0.457 e. The number of hydrogen-bond acceptors (Lipinski definition) is 2. The Labute approximate surface area is 96.8 Å². The van der Waals surface area contributed by atoms with Gasteiger partial charge in [-0.2, -0.15) is 0 Å². The zero-order valence-electron chi connectivity index (χ0n) is 7.98. The van der Waals surface area contributed by atoms with Gasteiger partial charge in [0, 0.05) is 16.2 Å². The molecule has 76 valence electrons. The molecule has 0 fully saturated rings. The molecule has 2 aromatic carbocycles. The van der Waals surface area contributed by atoms with Crippen molar-refractivity contribution < 1.29 is 4.74 Å². The smallest absolute Gasteiger partial charge is 0.129 e. The number of nitrogens with two attached hydrogens (primary N) is 1. The SMILES string of the molecule is Nc1cccc(Oc2cccc(Br)c2)c1. The van der Waals surface area contributed by atoms with Gasteiger partial charge in [-0.15, -0.1) is 0 Å². The van der Waals surface area contributed by atoms with E-state index in [9.17, 15) is 0 Å². The number of nitrogen functional groups attached to an aromatic ring is 1. The van der Waals surface area contributed by atoms with Crippen LogP contribution in [0.5, 0.6) is 11.5 Å². The first-order valence-electron chi connectivity index (χ1n) is 4.53. The molecule has 2 N–H and O–H groups in total. The summed E-state index contributed by atoms with van der Waals surface area (Å²) in [4.78, 5) is 0. The molecule has 0 spiro atoms. The lowest BCUT2D eigenvalue weighted by atomic mass is 10.3. The van der Waals surface area contributed by atoms with Crippen molar-refractivity contribution in [1.29, 1.82) is 0 Å². The number of anilines is 1. The molecule has 0 heterocycles. The summed E-state index contributed by atoms with van der Waals surface area (Å²) in [6.45, 7) is 0. The molecule has 0 bridgehead atoms. The lowest BCUT2D eigenvalue weighted by Crippen LogP contribution is -1.87. The molecule has 2 rings (SSSR count). The van der Waals surface area contributed by atoms with Crippen LogP contribution in [-0.4, -0.2) is 0 Å². The van der Waals surface area contributed by atoms with Gasteiger partial charge in [0.25, 0.3) is 0 Å². The maximum absolute atomic E-state index is 5.65. The maximum atomic E-state index is 5.65. The highest BCUT2D eigenvalue weighted by atomic mass is 79.9. The van der Waals surface area contributed by atoms with Crippen LogP contribution >= 0.6 is 15.9 Å². The summed E-state index contributed by atoms with van der Waals surface area (Å²) in [5.41, 5.74) is 6.35. The third kappa shape index (κ3) is 2.73. The summed E-state index contributed by atoms with van der Waals surface area (Å²) in [6.07, 6.45) is 0. The highest BCUT2D eigenvalue weighted by molar-refractivity contribution is 9.10. The van der Waals surface area contributed by atoms with Gasteiger partial charge in [0.2, 0.25) is 0 Å². The van der Waals surface area contributed by atoms with Gasteiger partial charge < -0.3 is 10.5 Å². The minimum absolute atomic E-state index is 0.697. The zero-order chi connectivity index (χ0) is 10.7. The van der Waals surface area contributed by atoms with Crippen molar-refractivity contribution in [1.82, 2.24) is 0 Å². The van der Waals surface area contributed by atoms with Gasteiger partial charge in [-0.05, 0) is 30.3 Å². The van der Waals surface area contributed by atoms with E-state index in [0.717, 1.165) is 16.0 Å². The fraction of sp³-hybridized carbons (Fsp3) is 0. The molecule has 2 aromatic rings. The summed E-state index contributed by atoms with van der Waals surface area (Å²) >= 11 is 3.39. The van der Waals surface area contributed by atoms with Crippen molar-refractivity contribution in [3.05, 3.63) is 53.0 Å². The average Bonchev–Trinajstić information content (AvgIpc) is 2.17. The fourth-order valence-corrected chi connectivity index (χ4v) is 1.62. The van der Waals surface area contributed by atoms with Crippen molar-refractivity contribution in [2.45, 2.75) is 0 Å². The molecule has 2 nitrogen and oxygen atoms in total. The molecule has 3 heteroatoms. The topological polar surface area (TPSA) is 35.2 Å². The number of rotatable bonds is 2. The Kier molecular flexibility index (Phi) is 2.92. The molecule has 0 saturated heterocycles. The summed E-state index contributed by atoms with van der Waals surface area (Å²) in [6, 6.07) is 15.0. The Bertz CT molecular complexity index is 427. The predicted molar refractivity (Wildman–Crippen MR) is 65.1 cm³/mol. The number of halogens is 1. The van der Waals surface area contributed by atoms with E-state index < -0.39 is 0 Å². The van der Waals surface area contributed by atoms with Crippen molar-refractivity contribution in [3.8, 4) is 11.5 Å². The third-order valence-electron chi connectivity index (χ3n) is 1.89. The lowest BCUT2D eigenvalue weighted by Gasteiger charge is -2.06. The van der Waals surface area contributed by atoms with Crippen LogP contribution in [0.3, 0.4) is 0 Å². The molecular weight excluding hydrogens is 254 g/mol. The molecule has 0 radical (unpaired) electrons. The third-order valence-corrected chi connectivity index (χ3v) is 2.38. The van der Waals surface area contributed by atoms with Gasteiger partial charge in [0.1, 0.15) is 11.5 Å². The van der Waals surface area contributed by atoms with Gasteiger partial charge >= 0.3 is 0 Å². The van der Waals surface area contributed by atoms with Crippen molar-refractivity contribution >= 4 is 21.6 Å². The van der Waals surface area contributed by atoms with E-state index in [4.69, 9.17) is 10.5 Å². The van der Waals surface area contributed by atoms with Crippen LogP contribution in [-0.2, 0) is 0 Å². The first-order chi connectivity index (χ1) is 7.24. The van der Waals surface area contributed by atoms with Gasteiger partial charge in [-0.25, -0.2) is 0 Å². The second-order valence-corrected chi connectivity index (χ2v) is 4.05. The average molecular weight is 264 g/mol. The molecule has 0 aliphatic carbocycles. The van der Waals surface area contributed by atoms with E-state index in [1.54, 1.807) is 6.07 Å². The van der Waals surface area contributed by atoms with Gasteiger partial charge in [-0.3, -0.25) is 0 Å². The molecule has 0 aliphatic heterocycles. The molecular formula is C12H10BrNO. The van der Waals surface area contributed by atoms with Crippen molar-refractivity contribution in [2.24, 2.45) is 0 Å². The normalized spacial score (nSPS) is 9.93. The van der Waals surface area contributed by atoms with Crippen LogP contribution in [0, 0.1) is 0 Å². The Balaban J connectivity index is 2.22. The summed E-state index contributed by atoms with van der Waals surface area (Å²) < 4.78 is 6.62. The standard InChI is InChI=1S/C12H10BrNO/c13-9-3-1-5-11(7-9)15-12-6-2-4-10(14)8-12/h1-8H,14H2. The highest BCUT2D eigenvalue weighted by Crippen LogP contribution is 2.25. The molecule has 0 aliphatic rings. The van der Waals surface area contributed by atoms with E-state index in [2.05, 4.69) is 15.9 Å². The Hall–Kier alpha value is -1.48. The van der Waals surface area contributed by atoms with Crippen LogP contribution in [0.1, 0.15) is 0 Å². The number of benzene rings is 2. The maximum Gasteiger partial charge on any atom is 0.129 e. The van der Waals surface area contributed by atoms with Crippen LogP contribution in [0.15, 0.2) is 53.0 Å². The second-order valence-electron chi connectivity index (χ2n) is 3.13. The highest BCUT2D eigenvalue weighted by Gasteiger charge is 1.97. The minimum atomic E-state index is 0.697. The molecule has 0 aromatic heterocycles. The quantitative estimate of drug-likeness (QED) is 0.837. The van der Waals surface area contributed by atoms with E-state index in [1.165, 1.54) is 0 Å². The van der Waals surface area contributed by atoms with Crippen molar-refractivity contribution in [2.75, 3.05) is 5.73 Å². The van der Waals surface area contributed by atoms with E-state index in [1.807, 2.05) is 42.5 Å². The predicted octanol–water partition coefficient (Wildman–Crippen LogP) is 3.82. The van der Waals surface area contributed by atoms with Gasteiger partial charge in [0.05, 0.1) is 0 Å². The second kappa shape index (κ2) is 4.36. The summed E-state index contributed by atoms with van der Waals surface area (Å²) in [7, 11) is 0. The molecule has 15 heavy (non-hydrogen) atoms. The number of ether oxygens (including phenoxy) is 1. The van der Waals surface area contributed by atoms with E-state index in [0.29, 0.717) is 5.69 Å². The van der Waals surface area contributed by atoms with Crippen LogP contribution in [0.4, 0.5) is 5.69 Å². The van der Waals surface area contributed by atoms with Gasteiger partial charge in [-0.1, -0.05) is 28.1 Å². The molecule has 0 atom stereocenters.